The van der Waals surface area contributed by atoms with Crippen molar-refractivity contribution >= 4 is 64.3 Å². The van der Waals surface area contributed by atoms with E-state index in [9.17, 15) is 37.5 Å². The Morgan fingerprint density at radius 1 is 0.938 bits per heavy atom. The second kappa shape index (κ2) is 16.4. The van der Waals surface area contributed by atoms with Crippen LogP contribution in [0, 0.1) is 5.41 Å². The number of hydrazine groups is 1. The Bertz CT molecular complexity index is 2430. The summed E-state index contributed by atoms with van der Waals surface area (Å²) in [6.07, 6.45) is 5.18. The molecule has 2 aromatic carbocycles. The van der Waals surface area contributed by atoms with Gasteiger partial charge in [0.05, 0.1) is 42.4 Å². The predicted molar refractivity (Wildman–Crippen MR) is 230 cm³/mol. The van der Waals surface area contributed by atoms with Crippen LogP contribution in [0.1, 0.15) is 83.4 Å². The first-order valence-corrected chi connectivity index (χ1v) is 21.7. The number of carbonyl (C=O) groups is 6. The fourth-order valence-corrected chi connectivity index (χ4v) is 9.99. The summed E-state index contributed by atoms with van der Waals surface area (Å²) < 4.78 is 35.2. The number of imide groups is 2. The summed E-state index contributed by atoms with van der Waals surface area (Å²) in [6, 6.07) is 9.18. The number of alkyl halides is 2. The van der Waals surface area contributed by atoms with Gasteiger partial charge in [0.25, 0.3) is 23.6 Å². The fraction of sp³-hybridized carbons (Fsp3) is 0.500. The molecule has 1 aromatic heterocycles. The van der Waals surface area contributed by atoms with Gasteiger partial charge < -0.3 is 24.8 Å². The molecule has 0 aliphatic carbocycles. The van der Waals surface area contributed by atoms with Crippen molar-refractivity contribution < 1.29 is 42.3 Å². The van der Waals surface area contributed by atoms with Gasteiger partial charge in [-0.1, -0.05) is 6.07 Å². The van der Waals surface area contributed by atoms with E-state index < -0.39 is 48.0 Å². The molecular formula is C44H51F2N11O7. The Hall–Kier alpha value is -6.28. The van der Waals surface area contributed by atoms with Crippen molar-refractivity contribution in [2.45, 2.75) is 76.4 Å². The highest BCUT2D eigenvalue weighted by Crippen LogP contribution is 2.45. The lowest BCUT2D eigenvalue weighted by atomic mass is 9.70. The zero-order valence-electron chi connectivity index (χ0n) is 36.2. The van der Waals surface area contributed by atoms with E-state index in [4.69, 9.17) is 4.74 Å². The van der Waals surface area contributed by atoms with E-state index >= 15 is 0 Å². The van der Waals surface area contributed by atoms with E-state index in [1.807, 2.05) is 11.1 Å². The topological polar surface area (TPSA) is 193 Å². The highest BCUT2D eigenvalue weighted by molar-refractivity contribution is 6.25. The maximum absolute atomic E-state index is 14.8. The first-order chi connectivity index (χ1) is 30.6. The van der Waals surface area contributed by atoms with Crippen molar-refractivity contribution in [1.82, 2.24) is 35.5 Å². The van der Waals surface area contributed by atoms with Crippen LogP contribution in [0.5, 0.6) is 5.75 Å². The summed E-state index contributed by atoms with van der Waals surface area (Å²) >= 11 is 0. The van der Waals surface area contributed by atoms with Crippen LogP contribution in [-0.2, 0) is 14.4 Å². The number of fused-ring (bicyclic) bond motifs is 2. The average Bonchev–Trinajstić information content (AvgIpc) is 3.49. The van der Waals surface area contributed by atoms with E-state index in [1.165, 1.54) is 25.3 Å². The highest BCUT2D eigenvalue weighted by atomic mass is 19.3. The van der Waals surface area contributed by atoms with Crippen molar-refractivity contribution in [1.29, 1.82) is 0 Å². The molecule has 1 unspecified atom stereocenters. The summed E-state index contributed by atoms with van der Waals surface area (Å²) in [5.41, 5.74) is 5.52. The summed E-state index contributed by atoms with van der Waals surface area (Å²) in [7, 11) is 2.74. The average molecular weight is 884 g/mol. The highest BCUT2D eigenvalue weighted by Gasteiger charge is 2.50. The number of ether oxygens (including phenoxy) is 1. The second-order valence-electron chi connectivity index (χ2n) is 17.9. The Kier molecular flexibility index (Phi) is 11.0. The van der Waals surface area contributed by atoms with Gasteiger partial charge in [0.15, 0.2) is 5.82 Å². The summed E-state index contributed by atoms with van der Waals surface area (Å²) in [5.74, 6) is -6.64. The minimum absolute atomic E-state index is 0.0702. The number of hydrogen-bond acceptors (Lipinski definition) is 14. The monoisotopic (exact) mass is 883 g/mol. The van der Waals surface area contributed by atoms with Crippen LogP contribution in [0.25, 0.3) is 0 Å². The van der Waals surface area contributed by atoms with Gasteiger partial charge in [0, 0.05) is 70.4 Å². The van der Waals surface area contributed by atoms with Crippen LogP contribution in [0.15, 0.2) is 42.6 Å². The number of nitrogens with one attached hydrogen (secondary N) is 3. The first-order valence-electron chi connectivity index (χ1n) is 21.7. The number of benzene rings is 2. The van der Waals surface area contributed by atoms with E-state index in [-0.39, 0.29) is 53.2 Å². The van der Waals surface area contributed by atoms with Crippen LogP contribution < -0.4 is 35.5 Å². The molecule has 4 saturated heterocycles. The third kappa shape index (κ3) is 7.65. The second-order valence-corrected chi connectivity index (χ2v) is 17.9. The molecule has 3 aromatic rings. The minimum Gasteiger partial charge on any atom is -0.495 e. The molecule has 7 heterocycles. The van der Waals surface area contributed by atoms with E-state index in [0.29, 0.717) is 47.4 Å². The molecule has 9 rings (SSSR count). The normalized spacial score (nSPS) is 22.6. The van der Waals surface area contributed by atoms with E-state index in [2.05, 4.69) is 35.8 Å². The van der Waals surface area contributed by atoms with Gasteiger partial charge in [-0.3, -0.25) is 49.3 Å². The molecule has 6 aliphatic heterocycles. The van der Waals surface area contributed by atoms with E-state index in [0.717, 1.165) is 61.7 Å². The molecular weight excluding hydrogens is 833 g/mol. The summed E-state index contributed by atoms with van der Waals surface area (Å²) in [4.78, 5) is 94.1. The number of hydrogen-bond donors (Lipinski definition) is 3. The molecule has 64 heavy (non-hydrogen) atoms. The Labute approximate surface area is 368 Å². The van der Waals surface area contributed by atoms with Crippen LogP contribution in [0.2, 0.25) is 0 Å². The SMILES string of the molecule is COc1cc(C(=O)NN2CCC(N3CC4(CCN(c5cccc6c5C(=O)N(C5CCC(=O)NC5=O)C6=O)CC4)C3)CC2)ccc1Nc1ncc2c(n1)N(C(C)C)CC(F)(F)C(=O)N2C. The molecule has 338 valence electrons. The molecule has 0 bridgehead atoms. The lowest BCUT2D eigenvalue weighted by molar-refractivity contribution is -0.140. The summed E-state index contributed by atoms with van der Waals surface area (Å²) in [5, 5.41) is 7.26. The van der Waals surface area contributed by atoms with Crippen LogP contribution in [0.3, 0.4) is 0 Å². The van der Waals surface area contributed by atoms with Crippen molar-refractivity contribution in [3.63, 3.8) is 0 Å². The lowest BCUT2D eigenvalue weighted by Gasteiger charge is -2.57. The number of rotatable bonds is 9. The van der Waals surface area contributed by atoms with Gasteiger partial charge in [-0.15, -0.1) is 0 Å². The smallest absolute Gasteiger partial charge is 0.342 e. The summed E-state index contributed by atoms with van der Waals surface area (Å²) in [6.45, 7) is 7.45. The zero-order valence-corrected chi connectivity index (χ0v) is 36.2. The Morgan fingerprint density at radius 2 is 1.67 bits per heavy atom. The van der Waals surface area contributed by atoms with Crippen molar-refractivity contribution in [2.75, 3.05) is 80.0 Å². The maximum atomic E-state index is 14.8. The largest absolute Gasteiger partial charge is 0.495 e. The number of carbonyl (C=O) groups excluding carboxylic acids is 6. The molecule has 0 radical (unpaired) electrons. The molecule has 0 saturated carbocycles. The van der Waals surface area contributed by atoms with Crippen LogP contribution in [-0.4, -0.2) is 144 Å². The molecule has 1 atom stereocenters. The fourth-order valence-electron chi connectivity index (χ4n) is 9.99. The number of anilines is 5. The van der Waals surface area contributed by atoms with Gasteiger partial charge in [-0.25, -0.2) is 9.99 Å². The van der Waals surface area contributed by atoms with Crippen LogP contribution in [0.4, 0.5) is 37.6 Å². The molecule has 18 nitrogen and oxygen atoms in total. The maximum Gasteiger partial charge on any atom is 0.342 e. The zero-order chi connectivity index (χ0) is 45.2. The number of aromatic nitrogens is 2. The van der Waals surface area contributed by atoms with Gasteiger partial charge in [0.2, 0.25) is 17.8 Å². The molecule has 20 heteroatoms. The molecule has 6 aliphatic rings. The lowest BCUT2D eigenvalue weighted by Crippen LogP contribution is -2.64. The third-order valence-corrected chi connectivity index (χ3v) is 13.6. The Morgan fingerprint density at radius 3 is 2.36 bits per heavy atom. The third-order valence-electron chi connectivity index (χ3n) is 13.6. The quantitative estimate of drug-likeness (QED) is 0.266. The number of halogens is 2. The number of piperidine rings is 3. The first kappa shape index (κ1) is 43.0. The molecule has 1 spiro atoms. The number of likely N-dealkylation sites (tertiary alicyclic amines) is 1. The predicted octanol–water partition coefficient (Wildman–Crippen LogP) is 3.17. The number of methoxy groups -OCH3 is 1. The Balaban J connectivity index is 0.762. The molecule has 6 amide bonds. The molecule has 4 fully saturated rings. The van der Waals surface area contributed by atoms with Gasteiger partial charge >= 0.3 is 5.92 Å². The van der Waals surface area contributed by atoms with Crippen molar-refractivity contribution in [3.05, 3.63) is 59.3 Å². The number of nitrogens with zero attached hydrogens (tertiary/aromatic N) is 8. The minimum atomic E-state index is -3.61. The van der Waals surface area contributed by atoms with Gasteiger partial charge in [-0.05, 0) is 81.7 Å². The van der Waals surface area contributed by atoms with E-state index in [1.54, 1.807) is 44.2 Å². The standard InChI is InChI=1S/C44H51F2N11O7/c1-25(2)56-24-44(45,46)41(63)52(3)32-21-47-42(50-36(32)56)48-29-9-8-26(20-33(29)64-4)37(59)51-55-16-12-27(13-17-55)54-22-43(23-54)14-18-53(19-15-43)30-7-5-6-28-35(30)40(62)57(39(28)61)31-10-11-34(58)49-38(31)60/h5-9,20-21,25,27,31H,10-19,22-24H2,1-4H3,(H,51,59)(H,47,48,50)(H,49,58,60). The van der Waals surface area contributed by atoms with Gasteiger partial charge in [-0.2, -0.15) is 13.8 Å². The van der Waals surface area contributed by atoms with Crippen molar-refractivity contribution in [2.24, 2.45) is 5.41 Å². The van der Waals surface area contributed by atoms with Gasteiger partial charge in [0.1, 0.15) is 17.5 Å². The number of amides is 6. The van der Waals surface area contributed by atoms with Crippen LogP contribution >= 0.6 is 0 Å². The molecule has 3 N–H and O–H groups in total. The van der Waals surface area contributed by atoms with Crippen molar-refractivity contribution in [3.8, 4) is 5.75 Å².